The van der Waals surface area contributed by atoms with Crippen LogP contribution in [0.1, 0.15) is 28.4 Å². The Morgan fingerprint density at radius 2 is 1.67 bits per heavy atom. The van der Waals surface area contributed by atoms with Gasteiger partial charge in [0.25, 0.3) is 5.56 Å². The van der Waals surface area contributed by atoms with Crippen molar-refractivity contribution in [2.45, 2.75) is 25.4 Å². The number of nitrogens with zero attached hydrogens (tertiary/aromatic N) is 2. The van der Waals surface area contributed by atoms with Crippen molar-refractivity contribution in [1.29, 1.82) is 0 Å². The van der Waals surface area contributed by atoms with E-state index in [-0.39, 0.29) is 17.1 Å². The zero-order valence-electron chi connectivity index (χ0n) is 17.0. The van der Waals surface area contributed by atoms with Crippen LogP contribution in [0.5, 0.6) is 0 Å². The Kier molecular flexibility index (Phi) is 5.81. The van der Waals surface area contributed by atoms with Gasteiger partial charge in [-0.3, -0.25) is 14.2 Å². The summed E-state index contributed by atoms with van der Waals surface area (Å²) >= 11 is 1.29. The first-order chi connectivity index (χ1) is 14.6. The molecule has 0 bridgehead atoms. The molecular weight excluding hydrogens is 392 g/mol. The molecule has 150 valence electrons. The van der Waals surface area contributed by atoms with Gasteiger partial charge in [0.15, 0.2) is 10.9 Å². The second-order valence-corrected chi connectivity index (χ2v) is 8.09. The van der Waals surface area contributed by atoms with Gasteiger partial charge >= 0.3 is 0 Å². The van der Waals surface area contributed by atoms with Gasteiger partial charge in [0, 0.05) is 5.56 Å². The smallest absolute Gasteiger partial charge is 0.266 e. The van der Waals surface area contributed by atoms with E-state index in [0.717, 1.165) is 17.7 Å². The summed E-state index contributed by atoms with van der Waals surface area (Å²) in [7, 11) is 0. The van der Waals surface area contributed by atoms with Gasteiger partial charge in [-0.1, -0.05) is 72.8 Å². The van der Waals surface area contributed by atoms with Gasteiger partial charge in [0.2, 0.25) is 0 Å². The standard InChI is InChI=1S/C25H22N2O2S/c1-3-18-10-12-19(13-11-18)23(28)16-30-25-26-22-7-5-4-6-21(22)24(29)27(25)20-14-8-17(2)9-15-20/h4-15H,3,16H2,1-2H3. The fourth-order valence-electron chi connectivity index (χ4n) is 3.27. The van der Waals surface area contributed by atoms with Crippen LogP contribution in [0, 0.1) is 6.92 Å². The lowest BCUT2D eigenvalue weighted by atomic mass is 10.1. The van der Waals surface area contributed by atoms with E-state index in [2.05, 4.69) is 6.92 Å². The van der Waals surface area contributed by atoms with Gasteiger partial charge in [-0.2, -0.15) is 0 Å². The minimum atomic E-state index is -0.133. The number of Topliss-reactive ketones (excluding diaryl/α,β-unsaturated/α-hetero) is 1. The van der Waals surface area contributed by atoms with Crippen molar-refractivity contribution in [2.75, 3.05) is 5.75 Å². The van der Waals surface area contributed by atoms with Crippen molar-refractivity contribution in [1.82, 2.24) is 9.55 Å². The Morgan fingerprint density at radius 1 is 0.967 bits per heavy atom. The first-order valence-electron chi connectivity index (χ1n) is 9.90. The van der Waals surface area contributed by atoms with Gasteiger partial charge in [0.1, 0.15) is 0 Å². The normalized spacial score (nSPS) is 11.0. The van der Waals surface area contributed by atoms with E-state index in [1.807, 2.05) is 73.7 Å². The van der Waals surface area contributed by atoms with E-state index in [9.17, 15) is 9.59 Å². The van der Waals surface area contributed by atoms with Crippen molar-refractivity contribution >= 4 is 28.4 Å². The Balaban J connectivity index is 1.71. The average molecular weight is 415 g/mol. The first kappa shape index (κ1) is 20.1. The predicted octanol–water partition coefficient (Wildman–Crippen LogP) is 5.23. The van der Waals surface area contributed by atoms with Crippen LogP contribution in [0.3, 0.4) is 0 Å². The van der Waals surface area contributed by atoms with Crippen LogP contribution in [0.2, 0.25) is 0 Å². The Hall–Kier alpha value is -3.18. The molecule has 0 aliphatic carbocycles. The van der Waals surface area contributed by atoms with E-state index < -0.39 is 0 Å². The third-order valence-electron chi connectivity index (χ3n) is 5.05. The molecule has 5 heteroatoms. The number of carbonyl (C=O) groups excluding carboxylic acids is 1. The molecule has 3 aromatic carbocycles. The molecule has 4 nitrogen and oxygen atoms in total. The highest BCUT2D eigenvalue weighted by Crippen LogP contribution is 2.22. The summed E-state index contributed by atoms with van der Waals surface area (Å²) in [5, 5.41) is 1.07. The first-order valence-corrected chi connectivity index (χ1v) is 10.9. The van der Waals surface area contributed by atoms with Gasteiger partial charge in [-0.25, -0.2) is 4.98 Å². The Morgan fingerprint density at radius 3 is 2.37 bits per heavy atom. The lowest BCUT2D eigenvalue weighted by Crippen LogP contribution is -2.22. The monoisotopic (exact) mass is 414 g/mol. The number of ketones is 1. The number of fused-ring (bicyclic) bond motifs is 1. The van der Waals surface area contributed by atoms with Crippen molar-refractivity contribution in [3.8, 4) is 5.69 Å². The van der Waals surface area contributed by atoms with Crippen molar-refractivity contribution in [3.63, 3.8) is 0 Å². The molecule has 0 atom stereocenters. The summed E-state index contributed by atoms with van der Waals surface area (Å²) in [5.41, 5.74) is 4.22. The molecule has 4 rings (SSSR count). The fourth-order valence-corrected chi connectivity index (χ4v) is 4.18. The molecule has 0 radical (unpaired) electrons. The van der Waals surface area contributed by atoms with Crippen molar-refractivity contribution < 1.29 is 4.79 Å². The van der Waals surface area contributed by atoms with Gasteiger partial charge in [-0.15, -0.1) is 0 Å². The van der Waals surface area contributed by atoms with Gasteiger partial charge in [0.05, 0.1) is 22.3 Å². The zero-order chi connectivity index (χ0) is 21.1. The number of carbonyl (C=O) groups is 1. The number of rotatable bonds is 6. The van der Waals surface area contributed by atoms with Crippen LogP contribution in [0.15, 0.2) is 82.7 Å². The molecule has 1 aromatic heterocycles. The maximum absolute atomic E-state index is 13.2. The molecule has 4 aromatic rings. The van der Waals surface area contributed by atoms with E-state index in [4.69, 9.17) is 4.98 Å². The van der Waals surface area contributed by atoms with Crippen LogP contribution in [0.25, 0.3) is 16.6 Å². The number of aryl methyl sites for hydroxylation is 2. The molecule has 0 N–H and O–H groups in total. The highest BCUT2D eigenvalue weighted by atomic mass is 32.2. The lowest BCUT2D eigenvalue weighted by molar-refractivity contribution is 0.102. The third kappa shape index (κ3) is 4.07. The molecule has 0 aliphatic rings. The predicted molar refractivity (Wildman–Crippen MR) is 123 cm³/mol. The summed E-state index contributed by atoms with van der Waals surface area (Å²) in [6.07, 6.45) is 0.938. The van der Waals surface area contributed by atoms with Crippen LogP contribution >= 0.6 is 11.8 Å². The van der Waals surface area contributed by atoms with Crippen molar-refractivity contribution in [2.24, 2.45) is 0 Å². The summed E-state index contributed by atoms with van der Waals surface area (Å²) in [6.45, 7) is 4.09. The second kappa shape index (κ2) is 8.67. The molecule has 0 saturated carbocycles. The second-order valence-electron chi connectivity index (χ2n) is 7.15. The zero-order valence-corrected chi connectivity index (χ0v) is 17.8. The van der Waals surface area contributed by atoms with Crippen LogP contribution in [-0.2, 0) is 6.42 Å². The number of hydrogen-bond acceptors (Lipinski definition) is 4. The highest BCUT2D eigenvalue weighted by Gasteiger charge is 2.15. The molecule has 0 unspecified atom stereocenters. The molecule has 0 amide bonds. The van der Waals surface area contributed by atoms with E-state index in [0.29, 0.717) is 21.6 Å². The Labute approximate surface area is 179 Å². The molecule has 0 saturated heterocycles. The summed E-state index contributed by atoms with van der Waals surface area (Å²) in [6, 6.07) is 22.7. The van der Waals surface area contributed by atoms with Gasteiger partial charge < -0.3 is 0 Å². The number of benzene rings is 3. The SMILES string of the molecule is CCc1ccc(C(=O)CSc2nc3ccccc3c(=O)n2-c2ccc(C)cc2)cc1. The van der Waals surface area contributed by atoms with E-state index >= 15 is 0 Å². The minimum Gasteiger partial charge on any atom is -0.293 e. The summed E-state index contributed by atoms with van der Waals surface area (Å²) < 4.78 is 1.60. The molecule has 0 aliphatic heterocycles. The summed E-state index contributed by atoms with van der Waals surface area (Å²) in [5.74, 6) is 0.225. The highest BCUT2D eigenvalue weighted by molar-refractivity contribution is 7.99. The maximum atomic E-state index is 13.2. The Bertz CT molecular complexity index is 1260. The number of hydrogen-bond donors (Lipinski definition) is 0. The molecular formula is C25H22N2O2S. The molecule has 1 heterocycles. The third-order valence-corrected chi connectivity index (χ3v) is 5.99. The lowest BCUT2D eigenvalue weighted by Gasteiger charge is -2.13. The number of aromatic nitrogens is 2. The maximum Gasteiger partial charge on any atom is 0.266 e. The molecule has 30 heavy (non-hydrogen) atoms. The topological polar surface area (TPSA) is 52.0 Å². The summed E-state index contributed by atoms with van der Waals surface area (Å²) in [4.78, 5) is 30.7. The average Bonchev–Trinajstić information content (AvgIpc) is 2.78. The quantitative estimate of drug-likeness (QED) is 0.246. The van der Waals surface area contributed by atoms with E-state index in [1.165, 1.54) is 17.3 Å². The van der Waals surface area contributed by atoms with Crippen LogP contribution < -0.4 is 5.56 Å². The fraction of sp³-hybridized carbons (Fsp3) is 0.160. The van der Waals surface area contributed by atoms with Crippen LogP contribution in [-0.4, -0.2) is 21.1 Å². The molecule has 0 spiro atoms. The van der Waals surface area contributed by atoms with Gasteiger partial charge in [-0.05, 0) is 43.2 Å². The molecule has 0 fully saturated rings. The van der Waals surface area contributed by atoms with Crippen LogP contribution in [0.4, 0.5) is 0 Å². The number of para-hydroxylation sites is 1. The largest absolute Gasteiger partial charge is 0.293 e. The minimum absolute atomic E-state index is 0.0144. The van der Waals surface area contributed by atoms with E-state index in [1.54, 1.807) is 10.6 Å². The van der Waals surface area contributed by atoms with Crippen molar-refractivity contribution in [3.05, 3.63) is 99.8 Å². The number of thioether (sulfide) groups is 1.